The van der Waals surface area contributed by atoms with E-state index >= 15 is 0 Å². The molecule has 2 fully saturated rings. The van der Waals surface area contributed by atoms with E-state index in [1.165, 1.54) is 16.4 Å². The second-order valence-electron chi connectivity index (χ2n) is 7.92. The summed E-state index contributed by atoms with van der Waals surface area (Å²) in [6.45, 7) is 3.84. The van der Waals surface area contributed by atoms with Crippen molar-refractivity contribution in [3.05, 3.63) is 59.4 Å². The molecular weight excluding hydrogens is 419 g/mol. The predicted molar refractivity (Wildman–Crippen MR) is 115 cm³/mol. The van der Waals surface area contributed by atoms with Gasteiger partial charge < -0.3 is 9.64 Å². The van der Waals surface area contributed by atoms with Gasteiger partial charge in [-0.05, 0) is 68.5 Å². The minimum absolute atomic E-state index is 0.105. The molecule has 6 nitrogen and oxygen atoms in total. The maximum absolute atomic E-state index is 14.5. The number of halogens is 1. The molecule has 1 unspecified atom stereocenters. The highest BCUT2D eigenvalue weighted by Crippen LogP contribution is 2.34. The van der Waals surface area contributed by atoms with Gasteiger partial charge in [0.05, 0.1) is 12.6 Å². The first-order valence-electron chi connectivity index (χ1n) is 10.7. The third kappa shape index (κ3) is 4.32. The van der Waals surface area contributed by atoms with Crippen LogP contribution in [0.15, 0.2) is 47.4 Å². The number of carbonyl (C=O) groups excluding carboxylic acids is 1. The summed E-state index contributed by atoms with van der Waals surface area (Å²) in [5.41, 5.74) is 1.19. The Labute approximate surface area is 182 Å². The highest BCUT2D eigenvalue weighted by molar-refractivity contribution is 7.89. The molecule has 0 aliphatic carbocycles. The summed E-state index contributed by atoms with van der Waals surface area (Å²) >= 11 is 0. The second-order valence-corrected chi connectivity index (χ2v) is 9.82. The molecule has 0 bridgehead atoms. The van der Waals surface area contributed by atoms with Crippen LogP contribution in [-0.2, 0) is 10.0 Å². The predicted octanol–water partition coefficient (Wildman–Crippen LogP) is 3.99. The topological polar surface area (TPSA) is 66.9 Å². The van der Waals surface area contributed by atoms with Crippen LogP contribution in [0.25, 0.3) is 0 Å². The minimum Gasteiger partial charge on any atom is -0.494 e. The number of rotatable bonds is 6. The summed E-state index contributed by atoms with van der Waals surface area (Å²) in [4.78, 5) is 14.6. The molecule has 4 rings (SSSR count). The quantitative estimate of drug-likeness (QED) is 0.673. The highest BCUT2D eigenvalue weighted by atomic mass is 32.2. The van der Waals surface area contributed by atoms with Gasteiger partial charge in [-0.15, -0.1) is 0 Å². The van der Waals surface area contributed by atoms with Crippen molar-refractivity contribution >= 4 is 15.9 Å². The van der Waals surface area contributed by atoms with Crippen molar-refractivity contribution in [2.45, 2.75) is 43.5 Å². The van der Waals surface area contributed by atoms with Gasteiger partial charge in [-0.2, -0.15) is 4.31 Å². The fourth-order valence-electron chi connectivity index (χ4n) is 4.38. The lowest BCUT2D eigenvalue weighted by Gasteiger charge is -2.26. The van der Waals surface area contributed by atoms with E-state index < -0.39 is 20.7 Å². The Morgan fingerprint density at radius 2 is 1.77 bits per heavy atom. The van der Waals surface area contributed by atoms with Crippen molar-refractivity contribution in [3.63, 3.8) is 0 Å². The number of carbonyl (C=O) groups is 1. The van der Waals surface area contributed by atoms with Gasteiger partial charge in [0.25, 0.3) is 5.91 Å². The number of likely N-dealkylation sites (tertiary alicyclic amines) is 1. The van der Waals surface area contributed by atoms with Gasteiger partial charge in [0, 0.05) is 25.2 Å². The molecule has 0 saturated carbocycles. The molecule has 8 heteroatoms. The molecule has 0 aromatic heterocycles. The van der Waals surface area contributed by atoms with Gasteiger partial charge in [-0.3, -0.25) is 4.79 Å². The van der Waals surface area contributed by atoms with E-state index in [4.69, 9.17) is 4.74 Å². The maximum Gasteiger partial charge on any atom is 0.254 e. The summed E-state index contributed by atoms with van der Waals surface area (Å²) < 4.78 is 47.0. The SMILES string of the molecule is CCOc1ccc(C2CCCN2C(=O)c2ccc(F)c(S(=O)(=O)N3CCCC3)c2)cc1. The van der Waals surface area contributed by atoms with Crippen molar-refractivity contribution in [1.82, 2.24) is 9.21 Å². The van der Waals surface area contributed by atoms with Gasteiger partial charge in [0.2, 0.25) is 10.0 Å². The van der Waals surface area contributed by atoms with Crippen molar-refractivity contribution in [2.75, 3.05) is 26.2 Å². The summed E-state index contributed by atoms with van der Waals surface area (Å²) in [6, 6.07) is 11.2. The zero-order valence-corrected chi connectivity index (χ0v) is 18.4. The Kier molecular flexibility index (Phi) is 6.29. The van der Waals surface area contributed by atoms with Crippen LogP contribution in [0, 0.1) is 5.82 Å². The number of nitrogens with zero attached hydrogens (tertiary/aromatic N) is 2. The van der Waals surface area contributed by atoms with Gasteiger partial charge in [-0.25, -0.2) is 12.8 Å². The smallest absolute Gasteiger partial charge is 0.254 e. The molecule has 2 aliphatic rings. The van der Waals surface area contributed by atoms with Crippen LogP contribution in [0.3, 0.4) is 0 Å². The van der Waals surface area contributed by atoms with Crippen LogP contribution < -0.4 is 4.74 Å². The summed E-state index contributed by atoms with van der Waals surface area (Å²) in [7, 11) is -3.95. The number of hydrogen-bond donors (Lipinski definition) is 0. The van der Waals surface area contributed by atoms with Gasteiger partial charge in [0.1, 0.15) is 16.5 Å². The normalized spacial score (nSPS) is 19.7. The molecule has 2 heterocycles. The van der Waals surface area contributed by atoms with Gasteiger partial charge >= 0.3 is 0 Å². The fraction of sp³-hybridized carbons (Fsp3) is 0.435. The monoisotopic (exact) mass is 446 g/mol. The highest BCUT2D eigenvalue weighted by Gasteiger charge is 2.33. The number of hydrogen-bond acceptors (Lipinski definition) is 4. The second kappa shape index (κ2) is 8.96. The number of amides is 1. The maximum atomic E-state index is 14.5. The van der Waals surface area contributed by atoms with Crippen LogP contribution in [0.5, 0.6) is 5.75 Å². The van der Waals surface area contributed by atoms with E-state index in [0.29, 0.717) is 26.2 Å². The molecule has 31 heavy (non-hydrogen) atoms. The summed E-state index contributed by atoms with van der Waals surface area (Å²) in [5.74, 6) is -0.334. The molecule has 0 spiro atoms. The molecule has 1 amide bonds. The molecular formula is C23H27FN2O4S. The summed E-state index contributed by atoms with van der Waals surface area (Å²) in [5, 5.41) is 0. The van der Waals surface area contributed by atoms with E-state index in [9.17, 15) is 17.6 Å². The molecule has 2 saturated heterocycles. The Hall–Kier alpha value is -2.45. The molecule has 0 N–H and O–H groups in total. The van der Waals surface area contributed by atoms with Crippen molar-refractivity contribution < 1.29 is 22.3 Å². The van der Waals surface area contributed by atoms with Crippen molar-refractivity contribution in [3.8, 4) is 5.75 Å². The molecule has 166 valence electrons. The first kappa shape index (κ1) is 21.8. The third-order valence-electron chi connectivity index (χ3n) is 5.95. The van der Waals surface area contributed by atoms with E-state index in [2.05, 4.69) is 0 Å². The van der Waals surface area contributed by atoms with Crippen LogP contribution in [0.1, 0.15) is 54.6 Å². The minimum atomic E-state index is -3.95. The average molecular weight is 447 g/mol. The zero-order chi connectivity index (χ0) is 22.0. The van der Waals surface area contributed by atoms with Crippen molar-refractivity contribution in [2.24, 2.45) is 0 Å². The fourth-order valence-corrected chi connectivity index (χ4v) is 5.98. The number of ether oxygens (including phenoxy) is 1. The number of sulfonamides is 1. The lowest BCUT2D eigenvalue weighted by Crippen LogP contribution is -2.32. The average Bonchev–Trinajstić information content (AvgIpc) is 3.47. The molecule has 2 aliphatic heterocycles. The number of benzene rings is 2. The first-order chi connectivity index (χ1) is 14.9. The van der Waals surface area contributed by atoms with Crippen molar-refractivity contribution in [1.29, 1.82) is 0 Å². The summed E-state index contributed by atoms with van der Waals surface area (Å²) in [6.07, 6.45) is 3.19. The van der Waals surface area contributed by atoms with Crippen LogP contribution in [0.2, 0.25) is 0 Å². The molecule has 2 aromatic rings. The van der Waals surface area contributed by atoms with E-state index in [1.54, 1.807) is 4.90 Å². The molecule has 0 radical (unpaired) electrons. The van der Waals surface area contributed by atoms with Gasteiger partial charge in [0.15, 0.2) is 0 Å². The van der Waals surface area contributed by atoms with Crippen LogP contribution in [0.4, 0.5) is 4.39 Å². The first-order valence-corrected chi connectivity index (χ1v) is 12.2. The molecule has 1 atom stereocenters. The van der Waals surface area contributed by atoms with E-state index in [0.717, 1.165) is 43.1 Å². The lowest BCUT2D eigenvalue weighted by atomic mass is 10.0. The Bertz CT molecular complexity index is 1050. The Morgan fingerprint density at radius 3 is 2.45 bits per heavy atom. The molecule has 2 aromatic carbocycles. The zero-order valence-electron chi connectivity index (χ0n) is 17.6. The van der Waals surface area contributed by atoms with Gasteiger partial charge in [-0.1, -0.05) is 12.1 Å². The van der Waals surface area contributed by atoms with E-state index in [1.807, 2.05) is 31.2 Å². The lowest BCUT2D eigenvalue weighted by molar-refractivity contribution is 0.0735. The Morgan fingerprint density at radius 1 is 1.06 bits per heavy atom. The standard InChI is InChI=1S/C23H27FN2O4S/c1-2-30-19-10-7-17(8-11-19)21-6-5-15-26(21)23(27)18-9-12-20(24)22(16-18)31(28,29)25-13-3-4-14-25/h7-12,16,21H,2-6,13-15H2,1H3. The third-order valence-corrected chi connectivity index (χ3v) is 7.86. The van der Waals surface area contributed by atoms with Crippen LogP contribution >= 0.6 is 0 Å². The Balaban J connectivity index is 1.60. The largest absolute Gasteiger partial charge is 0.494 e. The van der Waals surface area contributed by atoms with Crippen LogP contribution in [-0.4, -0.2) is 49.8 Å². The van der Waals surface area contributed by atoms with E-state index in [-0.39, 0.29) is 17.5 Å².